The fraction of sp³-hybridized carbons (Fsp3) is 0.600. The van der Waals surface area contributed by atoms with Crippen molar-refractivity contribution in [3.8, 4) is 5.75 Å². The third kappa shape index (κ3) is 8.34. The van der Waals surface area contributed by atoms with Crippen LogP contribution < -0.4 is 10.1 Å². The van der Waals surface area contributed by atoms with Crippen molar-refractivity contribution in [1.29, 1.82) is 0 Å². The second-order valence-electron chi connectivity index (χ2n) is 7.49. The zero-order chi connectivity index (χ0) is 19.8. The van der Waals surface area contributed by atoms with Crippen molar-refractivity contribution in [2.24, 2.45) is 0 Å². The molecule has 0 aliphatic heterocycles. The predicted molar refractivity (Wildman–Crippen MR) is 100 cm³/mol. The quantitative estimate of drug-likeness (QED) is 0.536. The van der Waals surface area contributed by atoms with Crippen LogP contribution in [0, 0.1) is 0 Å². The Morgan fingerprint density at radius 1 is 1.04 bits per heavy atom. The van der Waals surface area contributed by atoms with E-state index in [9.17, 15) is 9.59 Å². The summed E-state index contributed by atoms with van der Waals surface area (Å²) in [6, 6.07) is 7.52. The Bertz CT molecular complexity index is 587. The summed E-state index contributed by atoms with van der Waals surface area (Å²) < 4.78 is 16.0. The lowest BCUT2D eigenvalue weighted by Gasteiger charge is -2.24. The molecular weight excluding hydrogens is 334 g/mol. The summed E-state index contributed by atoms with van der Waals surface area (Å²) in [5.41, 5.74) is -0.402. The molecule has 0 aromatic heterocycles. The fourth-order valence-electron chi connectivity index (χ4n) is 2.17. The molecule has 0 fully saturated rings. The van der Waals surface area contributed by atoms with Crippen LogP contribution in [0.5, 0.6) is 5.75 Å². The molecule has 0 aliphatic rings. The Morgan fingerprint density at radius 3 is 2.19 bits per heavy atom. The van der Waals surface area contributed by atoms with Crippen LogP contribution in [0.4, 0.5) is 0 Å². The lowest BCUT2D eigenvalue weighted by Crippen LogP contribution is -2.39. The lowest BCUT2D eigenvalue weighted by molar-refractivity contribution is -0.158. The summed E-state index contributed by atoms with van der Waals surface area (Å²) in [6.45, 7) is 11.8. The summed E-state index contributed by atoms with van der Waals surface area (Å²) in [5, 5.41) is 3.07. The smallest absolute Gasteiger partial charge is 0.349 e. The van der Waals surface area contributed by atoms with Crippen molar-refractivity contribution in [3.63, 3.8) is 0 Å². The maximum atomic E-state index is 11.9. The number of carbonyl (C=O) groups excluding carboxylic acids is 2. The third-order valence-corrected chi connectivity index (χ3v) is 3.34. The molecule has 0 unspecified atom stereocenters. The maximum Gasteiger partial charge on any atom is 0.349 e. The first-order chi connectivity index (χ1) is 12.0. The molecule has 6 nitrogen and oxygen atoms in total. The predicted octanol–water partition coefficient (Wildman–Crippen LogP) is 2.88. The van der Waals surface area contributed by atoms with Crippen molar-refractivity contribution in [2.45, 2.75) is 59.2 Å². The number of esters is 2. The zero-order valence-electron chi connectivity index (χ0n) is 16.7. The number of nitrogens with one attached hydrogen (secondary N) is 1. The molecule has 1 rings (SSSR count). The normalized spacial score (nSPS) is 11.8. The zero-order valence-corrected chi connectivity index (χ0v) is 16.7. The molecule has 0 heterocycles. The number of hydrogen-bond acceptors (Lipinski definition) is 6. The highest BCUT2D eigenvalue weighted by atomic mass is 16.6. The van der Waals surface area contributed by atoms with Crippen LogP contribution in [-0.4, -0.2) is 42.8 Å². The molecule has 0 atom stereocenters. The van der Waals surface area contributed by atoms with E-state index >= 15 is 0 Å². The average Bonchev–Trinajstić information content (AvgIpc) is 2.51. The molecular formula is C20H31NO5. The van der Waals surface area contributed by atoms with Gasteiger partial charge in [0.1, 0.15) is 11.4 Å². The minimum Gasteiger partial charge on any atom is -0.476 e. The lowest BCUT2D eigenvalue weighted by atomic mass is 10.1. The minimum absolute atomic E-state index is 0.187. The molecule has 0 saturated carbocycles. The monoisotopic (exact) mass is 365 g/mol. The molecule has 1 aromatic carbocycles. The molecule has 146 valence electrons. The molecule has 0 aliphatic carbocycles. The topological polar surface area (TPSA) is 73.9 Å². The summed E-state index contributed by atoms with van der Waals surface area (Å²) in [6.07, 6.45) is 0.768. The summed E-state index contributed by atoms with van der Waals surface area (Å²) in [4.78, 5) is 23.5. The van der Waals surface area contributed by atoms with Crippen LogP contribution in [0.3, 0.4) is 0 Å². The van der Waals surface area contributed by atoms with Crippen LogP contribution >= 0.6 is 0 Å². The van der Waals surface area contributed by atoms with Gasteiger partial charge in [0.15, 0.2) is 5.60 Å². The molecule has 1 aromatic rings. The highest BCUT2D eigenvalue weighted by Crippen LogP contribution is 2.20. The average molecular weight is 365 g/mol. The molecule has 26 heavy (non-hydrogen) atoms. The molecule has 0 amide bonds. The Balaban J connectivity index is 2.41. The first-order valence-electron chi connectivity index (χ1n) is 8.91. The van der Waals surface area contributed by atoms with Crippen LogP contribution in [0.1, 0.15) is 47.1 Å². The summed E-state index contributed by atoms with van der Waals surface area (Å²) in [5.74, 6) is -0.0496. The largest absolute Gasteiger partial charge is 0.476 e. The summed E-state index contributed by atoms with van der Waals surface area (Å²) in [7, 11) is 0. The Kier molecular flexibility index (Phi) is 8.08. The highest BCUT2D eigenvalue weighted by Gasteiger charge is 2.31. The SMILES string of the molecule is CCOC(=O)C(C)(C)Oc1ccc(CCNCC(=O)OC(C)(C)C)cc1. The maximum absolute atomic E-state index is 11.9. The number of rotatable bonds is 9. The Labute approximate surface area is 156 Å². The number of ether oxygens (including phenoxy) is 3. The van der Waals surface area contributed by atoms with Gasteiger partial charge < -0.3 is 19.5 Å². The van der Waals surface area contributed by atoms with E-state index in [0.29, 0.717) is 18.9 Å². The first-order valence-corrected chi connectivity index (χ1v) is 8.91. The van der Waals surface area contributed by atoms with E-state index < -0.39 is 17.2 Å². The van der Waals surface area contributed by atoms with Crippen molar-refractivity contribution < 1.29 is 23.8 Å². The third-order valence-electron chi connectivity index (χ3n) is 3.34. The van der Waals surface area contributed by atoms with Crippen LogP contribution in [-0.2, 0) is 25.5 Å². The van der Waals surface area contributed by atoms with Gasteiger partial charge in [-0.1, -0.05) is 12.1 Å². The van der Waals surface area contributed by atoms with E-state index in [1.807, 2.05) is 45.0 Å². The molecule has 6 heteroatoms. The molecule has 0 spiro atoms. The summed E-state index contributed by atoms with van der Waals surface area (Å²) >= 11 is 0. The second kappa shape index (κ2) is 9.57. The van der Waals surface area contributed by atoms with Crippen molar-refractivity contribution in [1.82, 2.24) is 5.32 Å². The van der Waals surface area contributed by atoms with Gasteiger partial charge in [0.25, 0.3) is 0 Å². The van der Waals surface area contributed by atoms with Gasteiger partial charge in [0, 0.05) is 0 Å². The van der Waals surface area contributed by atoms with Gasteiger partial charge in [-0.05, 0) is 72.2 Å². The van der Waals surface area contributed by atoms with Crippen molar-refractivity contribution in [2.75, 3.05) is 19.7 Å². The fourth-order valence-corrected chi connectivity index (χ4v) is 2.17. The van der Waals surface area contributed by atoms with Crippen LogP contribution in [0.15, 0.2) is 24.3 Å². The molecule has 0 radical (unpaired) electrons. The van der Waals surface area contributed by atoms with Crippen molar-refractivity contribution >= 4 is 11.9 Å². The van der Waals surface area contributed by atoms with Crippen LogP contribution in [0.25, 0.3) is 0 Å². The van der Waals surface area contributed by atoms with E-state index in [2.05, 4.69) is 5.32 Å². The van der Waals surface area contributed by atoms with Gasteiger partial charge in [-0.15, -0.1) is 0 Å². The van der Waals surface area contributed by atoms with Crippen LogP contribution in [0.2, 0.25) is 0 Å². The van der Waals surface area contributed by atoms with Gasteiger partial charge in [-0.2, -0.15) is 0 Å². The molecule has 1 N–H and O–H groups in total. The highest BCUT2D eigenvalue weighted by molar-refractivity contribution is 5.79. The number of benzene rings is 1. The van der Waals surface area contributed by atoms with Gasteiger partial charge >= 0.3 is 11.9 Å². The Hall–Kier alpha value is -2.08. The Morgan fingerprint density at radius 2 is 1.65 bits per heavy atom. The first kappa shape index (κ1) is 22.0. The van der Waals surface area contributed by atoms with Gasteiger partial charge in [0.05, 0.1) is 13.2 Å². The number of carbonyl (C=O) groups is 2. The van der Waals surface area contributed by atoms with E-state index in [0.717, 1.165) is 12.0 Å². The molecule has 0 bridgehead atoms. The van der Waals surface area contributed by atoms with E-state index in [1.54, 1.807) is 20.8 Å². The van der Waals surface area contributed by atoms with E-state index in [4.69, 9.17) is 14.2 Å². The van der Waals surface area contributed by atoms with E-state index in [-0.39, 0.29) is 12.5 Å². The van der Waals surface area contributed by atoms with E-state index in [1.165, 1.54) is 0 Å². The minimum atomic E-state index is -1.04. The van der Waals surface area contributed by atoms with Gasteiger partial charge in [-0.25, -0.2) is 4.79 Å². The standard InChI is InChI=1S/C20H31NO5/c1-7-24-18(23)20(5,6)25-16-10-8-15(9-11-16)12-13-21-14-17(22)26-19(2,3)4/h8-11,21H,7,12-14H2,1-6H3. The van der Waals surface area contributed by atoms with Gasteiger partial charge in [-0.3, -0.25) is 4.79 Å². The number of hydrogen-bond donors (Lipinski definition) is 1. The van der Waals surface area contributed by atoms with Crippen molar-refractivity contribution in [3.05, 3.63) is 29.8 Å². The second-order valence-corrected chi connectivity index (χ2v) is 7.49. The molecule has 0 saturated heterocycles. The van der Waals surface area contributed by atoms with Gasteiger partial charge in [0.2, 0.25) is 0 Å².